The SMILES string of the molecule is CC(=O)Nc1cccc(NC(=O)C(C)N2CCC(N)C(C)(C)C2)c1. The molecule has 132 valence electrons. The number of hydrogen-bond acceptors (Lipinski definition) is 4. The van der Waals surface area contributed by atoms with E-state index in [4.69, 9.17) is 5.73 Å². The second-order valence-electron chi connectivity index (χ2n) is 7.28. The zero-order valence-electron chi connectivity index (χ0n) is 14.9. The van der Waals surface area contributed by atoms with Crippen molar-refractivity contribution >= 4 is 23.2 Å². The summed E-state index contributed by atoms with van der Waals surface area (Å²) in [6.45, 7) is 9.28. The number of amides is 2. The van der Waals surface area contributed by atoms with Crippen molar-refractivity contribution in [3.8, 4) is 0 Å². The molecule has 1 aromatic carbocycles. The minimum absolute atomic E-state index is 0.00187. The van der Waals surface area contributed by atoms with Crippen molar-refractivity contribution in [2.75, 3.05) is 23.7 Å². The third kappa shape index (κ3) is 4.55. The molecule has 2 atom stereocenters. The Morgan fingerprint density at radius 2 is 1.92 bits per heavy atom. The van der Waals surface area contributed by atoms with Gasteiger partial charge in [0.2, 0.25) is 11.8 Å². The Labute approximate surface area is 143 Å². The number of carbonyl (C=O) groups is 2. The van der Waals surface area contributed by atoms with Crippen LogP contribution < -0.4 is 16.4 Å². The Hall–Kier alpha value is -1.92. The second-order valence-corrected chi connectivity index (χ2v) is 7.28. The minimum Gasteiger partial charge on any atom is -0.327 e. The number of nitrogens with two attached hydrogens (primary N) is 1. The van der Waals surface area contributed by atoms with Gasteiger partial charge in [0, 0.05) is 37.4 Å². The highest BCUT2D eigenvalue weighted by Gasteiger charge is 2.36. The number of hydrogen-bond donors (Lipinski definition) is 3. The Morgan fingerprint density at radius 3 is 2.50 bits per heavy atom. The van der Waals surface area contributed by atoms with Gasteiger partial charge in [0.1, 0.15) is 0 Å². The second kappa shape index (κ2) is 7.32. The summed E-state index contributed by atoms with van der Waals surface area (Å²) < 4.78 is 0. The smallest absolute Gasteiger partial charge is 0.241 e. The lowest BCUT2D eigenvalue weighted by Crippen LogP contribution is -2.56. The fraction of sp³-hybridized carbons (Fsp3) is 0.556. The molecule has 0 aliphatic carbocycles. The largest absolute Gasteiger partial charge is 0.327 e. The van der Waals surface area contributed by atoms with Gasteiger partial charge in [-0.2, -0.15) is 0 Å². The number of carbonyl (C=O) groups excluding carboxylic acids is 2. The lowest BCUT2D eigenvalue weighted by molar-refractivity contribution is -0.122. The zero-order chi connectivity index (χ0) is 17.9. The first-order chi connectivity index (χ1) is 11.2. The molecule has 1 aliphatic rings. The van der Waals surface area contributed by atoms with Gasteiger partial charge in [0.25, 0.3) is 0 Å². The van der Waals surface area contributed by atoms with Gasteiger partial charge in [0.05, 0.1) is 6.04 Å². The molecule has 0 spiro atoms. The number of nitrogens with zero attached hydrogens (tertiary/aromatic N) is 1. The Kier molecular flexibility index (Phi) is 5.62. The van der Waals surface area contributed by atoms with Crippen LogP contribution in [-0.2, 0) is 9.59 Å². The molecule has 4 N–H and O–H groups in total. The number of anilines is 2. The van der Waals surface area contributed by atoms with Crippen molar-refractivity contribution in [2.45, 2.75) is 46.2 Å². The van der Waals surface area contributed by atoms with Gasteiger partial charge in [-0.1, -0.05) is 19.9 Å². The highest BCUT2D eigenvalue weighted by molar-refractivity contribution is 5.96. The molecule has 24 heavy (non-hydrogen) atoms. The lowest BCUT2D eigenvalue weighted by atomic mass is 9.79. The summed E-state index contributed by atoms with van der Waals surface area (Å²) in [5.41, 5.74) is 7.50. The predicted molar refractivity (Wildman–Crippen MR) is 96.8 cm³/mol. The lowest BCUT2D eigenvalue weighted by Gasteiger charge is -2.44. The molecule has 2 unspecified atom stereocenters. The molecule has 1 aliphatic heterocycles. The number of rotatable bonds is 4. The van der Waals surface area contributed by atoms with Crippen molar-refractivity contribution in [3.05, 3.63) is 24.3 Å². The monoisotopic (exact) mass is 332 g/mol. The van der Waals surface area contributed by atoms with Crippen LogP contribution >= 0.6 is 0 Å². The van der Waals surface area contributed by atoms with Crippen LogP contribution in [0.1, 0.15) is 34.1 Å². The van der Waals surface area contributed by atoms with E-state index in [1.54, 1.807) is 18.2 Å². The van der Waals surface area contributed by atoms with Crippen molar-refractivity contribution in [3.63, 3.8) is 0 Å². The van der Waals surface area contributed by atoms with E-state index in [0.717, 1.165) is 19.5 Å². The van der Waals surface area contributed by atoms with E-state index in [1.165, 1.54) is 6.92 Å². The van der Waals surface area contributed by atoms with Gasteiger partial charge in [-0.3, -0.25) is 14.5 Å². The highest BCUT2D eigenvalue weighted by atomic mass is 16.2. The number of nitrogens with one attached hydrogen (secondary N) is 2. The molecule has 6 heteroatoms. The maximum absolute atomic E-state index is 12.6. The van der Waals surface area contributed by atoms with E-state index < -0.39 is 0 Å². The molecule has 0 bridgehead atoms. The molecule has 0 saturated carbocycles. The summed E-state index contributed by atoms with van der Waals surface area (Å²) in [5, 5.41) is 5.64. The fourth-order valence-corrected chi connectivity index (χ4v) is 3.04. The molecule has 2 rings (SSSR count). The third-order valence-corrected chi connectivity index (χ3v) is 4.72. The van der Waals surface area contributed by atoms with Gasteiger partial charge >= 0.3 is 0 Å². The standard InChI is InChI=1S/C18H28N4O2/c1-12(22-9-8-16(19)18(3,4)11-22)17(24)21-15-7-5-6-14(10-15)20-13(2)23/h5-7,10,12,16H,8-9,11,19H2,1-4H3,(H,20,23)(H,21,24). The molecule has 1 saturated heterocycles. The van der Waals surface area contributed by atoms with Crippen LogP contribution in [0.4, 0.5) is 11.4 Å². The van der Waals surface area contributed by atoms with Gasteiger partial charge in [-0.25, -0.2) is 0 Å². The first-order valence-corrected chi connectivity index (χ1v) is 8.37. The van der Waals surface area contributed by atoms with E-state index in [0.29, 0.717) is 11.4 Å². The van der Waals surface area contributed by atoms with Crippen molar-refractivity contribution < 1.29 is 9.59 Å². The van der Waals surface area contributed by atoms with E-state index in [9.17, 15) is 9.59 Å². The summed E-state index contributed by atoms with van der Waals surface area (Å²) >= 11 is 0. The average Bonchev–Trinajstić information content (AvgIpc) is 2.49. The summed E-state index contributed by atoms with van der Waals surface area (Å²) in [5.74, 6) is -0.194. The van der Waals surface area contributed by atoms with Crippen LogP contribution in [0.25, 0.3) is 0 Å². The Bertz CT molecular complexity index is 615. The normalized spacial score (nSPS) is 21.8. The molecular formula is C18H28N4O2. The number of piperidine rings is 1. The van der Waals surface area contributed by atoms with Crippen molar-refractivity contribution in [1.82, 2.24) is 4.90 Å². The van der Waals surface area contributed by atoms with Gasteiger partial charge in [-0.15, -0.1) is 0 Å². The van der Waals surface area contributed by atoms with Crippen molar-refractivity contribution in [1.29, 1.82) is 0 Å². The Balaban J connectivity index is 2.00. The fourth-order valence-electron chi connectivity index (χ4n) is 3.04. The molecule has 2 amide bonds. The third-order valence-electron chi connectivity index (χ3n) is 4.72. The zero-order valence-corrected chi connectivity index (χ0v) is 14.9. The maximum Gasteiger partial charge on any atom is 0.241 e. The molecule has 0 radical (unpaired) electrons. The predicted octanol–water partition coefficient (Wildman–Crippen LogP) is 2.03. The van der Waals surface area contributed by atoms with E-state index >= 15 is 0 Å². The van der Waals surface area contributed by atoms with Crippen LogP contribution in [0.5, 0.6) is 0 Å². The molecular weight excluding hydrogens is 304 g/mol. The topological polar surface area (TPSA) is 87.5 Å². The van der Waals surface area contributed by atoms with Crippen LogP contribution in [0, 0.1) is 5.41 Å². The first-order valence-electron chi connectivity index (χ1n) is 8.37. The minimum atomic E-state index is -0.235. The van der Waals surface area contributed by atoms with E-state index in [2.05, 4.69) is 29.4 Å². The molecule has 0 aromatic heterocycles. The molecule has 1 fully saturated rings. The molecule has 1 heterocycles. The Morgan fingerprint density at radius 1 is 1.29 bits per heavy atom. The van der Waals surface area contributed by atoms with Crippen LogP contribution in [0.15, 0.2) is 24.3 Å². The summed E-state index contributed by atoms with van der Waals surface area (Å²) in [6, 6.07) is 7.08. The molecule has 6 nitrogen and oxygen atoms in total. The van der Waals surface area contributed by atoms with Gasteiger partial charge < -0.3 is 16.4 Å². The molecule has 1 aromatic rings. The average molecular weight is 332 g/mol. The van der Waals surface area contributed by atoms with Crippen LogP contribution in [-0.4, -0.2) is 41.9 Å². The van der Waals surface area contributed by atoms with Gasteiger partial charge in [-0.05, 0) is 37.0 Å². The van der Waals surface area contributed by atoms with Gasteiger partial charge in [0.15, 0.2) is 0 Å². The van der Waals surface area contributed by atoms with Crippen molar-refractivity contribution in [2.24, 2.45) is 11.1 Å². The van der Waals surface area contributed by atoms with E-state index in [-0.39, 0.29) is 29.3 Å². The summed E-state index contributed by atoms with van der Waals surface area (Å²) in [7, 11) is 0. The summed E-state index contributed by atoms with van der Waals surface area (Å²) in [6.07, 6.45) is 0.892. The quantitative estimate of drug-likeness (QED) is 0.787. The van der Waals surface area contributed by atoms with E-state index in [1.807, 2.05) is 13.0 Å². The highest BCUT2D eigenvalue weighted by Crippen LogP contribution is 2.29. The maximum atomic E-state index is 12.6. The van der Waals surface area contributed by atoms with Crippen LogP contribution in [0.2, 0.25) is 0 Å². The summed E-state index contributed by atoms with van der Waals surface area (Å²) in [4.78, 5) is 25.9. The van der Waals surface area contributed by atoms with Crippen LogP contribution in [0.3, 0.4) is 0 Å². The number of likely N-dealkylation sites (tertiary alicyclic amines) is 1. The first kappa shape index (κ1) is 18.4. The number of benzene rings is 1.